The van der Waals surface area contributed by atoms with E-state index in [2.05, 4.69) is 5.10 Å². The quantitative estimate of drug-likeness (QED) is 0.692. The maximum absolute atomic E-state index is 13.0. The van der Waals surface area contributed by atoms with Gasteiger partial charge in [0.1, 0.15) is 0 Å². The Kier molecular flexibility index (Phi) is 2.24. The molecule has 0 amide bonds. The van der Waals surface area contributed by atoms with Gasteiger partial charge >= 0.3 is 0 Å². The van der Waals surface area contributed by atoms with Gasteiger partial charge in [-0.1, -0.05) is 0 Å². The number of rotatable bonds is 2. The molecule has 1 aromatic heterocycles. The number of aliphatic hydroxyl groups is 1. The van der Waals surface area contributed by atoms with Crippen molar-refractivity contribution in [3.8, 4) is 0 Å². The Balaban J connectivity index is 3.14. The van der Waals surface area contributed by atoms with Gasteiger partial charge in [-0.3, -0.25) is 0 Å². The highest BCUT2D eigenvalue weighted by atomic mass is 19.1. The largest absolute Gasteiger partial charge is 0.391 e. The maximum atomic E-state index is 13.0. The Morgan fingerprint density at radius 1 is 1.64 bits per heavy atom. The molecule has 0 aromatic carbocycles. The number of hydrogen-bond acceptors (Lipinski definition) is 2. The molecule has 1 N–H and O–H groups in total. The summed E-state index contributed by atoms with van der Waals surface area (Å²) < 4.78 is 14.3. The van der Waals surface area contributed by atoms with E-state index in [9.17, 15) is 4.39 Å². The lowest BCUT2D eigenvalue weighted by Gasteiger charge is -1.94. The molecular weight excluding hydrogens is 147 g/mol. The zero-order valence-corrected chi connectivity index (χ0v) is 6.63. The fraction of sp³-hybridized carbons (Fsp3) is 0.571. The smallest absolute Gasteiger partial charge is 0.217 e. The van der Waals surface area contributed by atoms with E-state index in [1.54, 1.807) is 13.8 Å². The number of aromatic nitrogens is 2. The summed E-state index contributed by atoms with van der Waals surface area (Å²) in [5, 5.41) is 12.6. The highest BCUT2D eigenvalue weighted by Gasteiger charge is 2.11. The zero-order valence-electron chi connectivity index (χ0n) is 6.63. The monoisotopic (exact) mass is 158 g/mol. The van der Waals surface area contributed by atoms with E-state index in [-0.39, 0.29) is 6.61 Å². The highest BCUT2D eigenvalue weighted by Crippen LogP contribution is 2.11. The van der Waals surface area contributed by atoms with Gasteiger partial charge in [0.15, 0.2) is 0 Å². The standard InChI is InChI=1S/C7H11FN2O/c1-3-10-7(8)6(4-11)5(2)9-10/h11H,3-4H2,1-2H3. The minimum absolute atomic E-state index is 0.280. The van der Waals surface area contributed by atoms with Crippen LogP contribution in [0.4, 0.5) is 4.39 Å². The summed E-state index contributed by atoms with van der Waals surface area (Å²) in [5.41, 5.74) is 0.860. The Labute approximate surface area is 64.5 Å². The predicted molar refractivity (Wildman–Crippen MR) is 38.5 cm³/mol. The van der Waals surface area contributed by atoms with Gasteiger partial charge in [-0.25, -0.2) is 4.68 Å². The summed E-state index contributed by atoms with van der Waals surface area (Å²) in [6, 6.07) is 0. The van der Waals surface area contributed by atoms with Crippen LogP contribution >= 0.6 is 0 Å². The molecule has 62 valence electrons. The van der Waals surface area contributed by atoms with Crippen LogP contribution in [0.1, 0.15) is 18.2 Å². The number of halogens is 1. The first-order valence-electron chi connectivity index (χ1n) is 3.53. The van der Waals surface area contributed by atoms with E-state index in [0.717, 1.165) is 0 Å². The molecule has 1 aromatic rings. The first kappa shape index (κ1) is 8.20. The predicted octanol–water partition coefficient (Wildman–Crippen LogP) is 0.843. The fourth-order valence-electron chi connectivity index (χ4n) is 0.980. The first-order valence-corrected chi connectivity index (χ1v) is 3.53. The van der Waals surface area contributed by atoms with Gasteiger partial charge in [-0.15, -0.1) is 0 Å². The Bertz CT molecular complexity index is 257. The van der Waals surface area contributed by atoms with E-state index in [0.29, 0.717) is 17.8 Å². The Hall–Kier alpha value is -0.900. The van der Waals surface area contributed by atoms with Crippen LogP contribution < -0.4 is 0 Å². The third-order valence-corrected chi connectivity index (χ3v) is 1.64. The minimum atomic E-state index is -0.424. The van der Waals surface area contributed by atoms with Crippen molar-refractivity contribution in [3.05, 3.63) is 17.2 Å². The van der Waals surface area contributed by atoms with Gasteiger partial charge < -0.3 is 5.11 Å². The second kappa shape index (κ2) is 3.00. The zero-order chi connectivity index (χ0) is 8.43. The van der Waals surface area contributed by atoms with E-state index in [4.69, 9.17) is 5.11 Å². The molecular formula is C7H11FN2O. The van der Waals surface area contributed by atoms with Crippen molar-refractivity contribution in [2.24, 2.45) is 0 Å². The van der Waals surface area contributed by atoms with Crippen molar-refractivity contribution in [2.75, 3.05) is 0 Å². The molecule has 0 saturated carbocycles. The van der Waals surface area contributed by atoms with Crippen LogP contribution in [-0.2, 0) is 13.2 Å². The number of nitrogens with zero attached hydrogens (tertiary/aromatic N) is 2. The maximum Gasteiger partial charge on any atom is 0.217 e. The molecule has 0 aliphatic rings. The molecule has 0 spiro atoms. The van der Waals surface area contributed by atoms with Gasteiger partial charge in [-0.2, -0.15) is 9.49 Å². The second-order valence-electron chi connectivity index (χ2n) is 2.33. The molecule has 0 bridgehead atoms. The Morgan fingerprint density at radius 3 is 2.55 bits per heavy atom. The summed E-state index contributed by atoms with van der Waals surface area (Å²) in [4.78, 5) is 0. The molecule has 11 heavy (non-hydrogen) atoms. The van der Waals surface area contributed by atoms with Crippen LogP contribution in [0.2, 0.25) is 0 Å². The lowest BCUT2D eigenvalue weighted by Crippen LogP contribution is -2.00. The molecule has 0 atom stereocenters. The van der Waals surface area contributed by atoms with Crippen molar-refractivity contribution < 1.29 is 9.50 Å². The summed E-state index contributed by atoms with van der Waals surface area (Å²) in [5.74, 6) is -0.424. The van der Waals surface area contributed by atoms with Gasteiger partial charge in [-0.05, 0) is 13.8 Å². The SMILES string of the molecule is CCn1nc(C)c(CO)c1F. The van der Waals surface area contributed by atoms with Crippen molar-refractivity contribution in [1.82, 2.24) is 9.78 Å². The molecule has 0 aliphatic carbocycles. The van der Waals surface area contributed by atoms with E-state index in [1.165, 1.54) is 4.68 Å². The molecule has 0 fully saturated rings. The third kappa shape index (κ3) is 1.26. The second-order valence-corrected chi connectivity index (χ2v) is 2.33. The summed E-state index contributed by atoms with van der Waals surface area (Å²) in [7, 11) is 0. The first-order chi connectivity index (χ1) is 5.20. The molecule has 0 unspecified atom stereocenters. The van der Waals surface area contributed by atoms with Crippen molar-refractivity contribution >= 4 is 0 Å². The molecule has 0 saturated heterocycles. The lowest BCUT2D eigenvalue weighted by atomic mass is 10.3. The number of hydrogen-bond donors (Lipinski definition) is 1. The van der Waals surface area contributed by atoms with Crippen LogP contribution in [0.5, 0.6) is 0 Å². The third-order valence-electron chi connectivity index (χ3n) is 1.64. The van der Waals surface area contributed by atoms with Gasteiger partial charge in [0.05, 0.1) is 17.9 Å². The molecule has 3 nitrogen and oxygen atoms in total. The average molecular weight is 158 g/mol. The molecule has 1 rings (SSSR count). The van der Waals surface area contributed by atoms with Crippen LogP contribution in [0, 0.1) is 12.9 Å². The van der Waals surface area contributed by atoms with E-state index >= 15 is 0 Å². The van der Waals surface area contributed by atoms with Crippen LogP contribution in [0.25, 0.3) is 0 Å². The molecule has 1 heterocycles. The summed E-state index contributed by atoms with van der Waals surface area (Å²) in [6.07, 6.45) is 0. The fourth-order valence-corrected chi connectivity index (χ4v) is 0.980. The van der Waals surface area contributed by atoms with Gasteiger partial charge in [0.2, 0.25) is 5.95 Å². The van der Waals surface area contributed by atoms with Crippen LogP contribution in [-0.4, -0.2) is 14.9 Å². The summed E-state index contributed by atoms with van der Waals surface area (Å²) >= 11 is 0. The topological polar surface area (TPSA) is 38.0 Å². The van der Waals surface area contributed by atoms with Crippen molar-refractivity contribution in [2.45, 2.75) is 27.0 Å². The van der Waals surface area contributed by atoms with E-state index in [1.807, 2.05) is 0 Å². The number of aliphatic hydroxyl groups excluding tert-OH is 1. The van der Waals surface area contributed by atoms with Crippen LogP contribution in [0.3, 0.4) is 0 Å². The highest BCUT2D eigenvalue weighted by molar-refractivity contribution is 5.15. The molecule has 0 radical (unpaired) electrons. The van der Waals surface area contributed by atoms with Crippen molar-refractivity contribution in [1.29, 1.82) is 0 Å². The lowest BCUT2D eigenvalue weighted by molar-refractivity contribution is 0.273. The van der Waals surface area contributed by atoms with E-state index < -0.39 is 5.95 Å². The Morgan fingerprint density at radius 2 is 2.27 bits per heavy atom. The van der Waals surface area contributed by atoms with Gasteiger partial charge in [0, 0.05) is 6.54 Å². The normalized spacial score (nSPS) is 10.5. The minimum Gasteiger partial charge on any atom is -0.391 e. The van der Waals surface area contributed by atoms with Crippen LogP contribution in [0.15, 0.2) is 0 Å². The molecule has 4 heteroatoms. The van der Waals surface area contributed by atoms with Gasteiger partial charge in [0.25, 0.3) is 0 Å². The van der Waals surface area contributed by atoms with Crippen molar-refractivity contribution in [3.63, 3.8) is 0 Å². The summed E-state index contributed by atoms with van der Waals surface area (Å²) in [6.45, 7) is 3.70. The number of aryl methyl sites for hydroxylation is 2. The molecule has 0 aliphatic heterocycles. The average Bonchev–Trinajstić information content (AvgIpc) is 2.26.